The first-order valence-corrected chi connectivity index (χ1v) is 7.61. The van der Waals surface area contributed by atoms with Gasteiger partial charge < -0.3 is 10.6 Å². The van der Waals surface area contributed by atoms with E-state index in [9.17, 15) is 9.18 Å². The summed E-state index contributed by atoms with van der Waals surface area (Å²) in [4.78, 5) is 19.9. The number of nitrogens with zero attached hydrogens (tertiary/aromatic N) is 3. The topological polar surface area (TPSA) is 62.5 Å². The van der Waals surface area contributed by atoms with Gasteiger partial charge in [0.25, 0.3) is 0 Å². The fourth-order valence-corrected chi connectivity index (χ4v) is 2.97. The molecule has 1 saturated heterocycles. The van der Waals surface area contributed by atoms with Crippen LogP contribution in [0.25, 0.3) is 0 Å². The first kappa shape index (κ1) is 15.4. The van der Waals surface area contributed by atoms with Crippen molar-refractivity contribution in [3.05, 3.63) is 60.0 Å². The van der Waals surface area contributed by atoms with E-state index in [4.69, 9.17) is 5.73 Å². The minimum Gasteiger partial charge on any atom is -0.368 e. The quantitative estimate of drug-likeness (QED) is 0.870. The summed E-state index contributed by atoms with van der Waals surface area (Å²) in [6.07, 6.45) is 0. The number of primary amides is 1. The molecule has 0 saturated carbocycles. The molecule has 1 fully saturated rings. The molecule has 2 N–H and O–H groups in total. The molecule has 1 unspecified atom stereocenters. The van der Waals surface area contributed by atoms with Crippen LogP contribution in [0.5, 0.6) is 0 Å². The minimum atomic E-state index is -0.482. The molecule has 1 aromatic heterocycles. The number of pyridine rings is 1. The zero-order valence-electron chi connectivity index (χ0n) is 12.7. The summed E-state index contributed by atoms with van der Waals surface area (Å²) in [5.74, 6) is -0.210. The molecular formula is C17H19FN4O. The zero-order valence-corrected chi connectivity index (χ0v) is 12.7. The van der Waals surface area contributed by atoms with E-state index < -0.39 is 12.0 Å². The summed E-state index contributed by atoms with van der Waals surface area (Å²) in [6.45, 7) is 2.68. The number of hydrogen-bond donors (Lipinski definition) is 1. The Labute approximate surface area is 134 Å². The SMILES string of the molecule is NC(=O)C(c1ccccc1)N1CCN(c2cccc(F)n2)CC1. The molecule has 0 radical (unpaired) electrons. The van der Waals surface area contributed by atoms with Gasteiger partial charge in [0.15, 0.2) is 0 Å². The lowest BCUT2D eigenvalue weighted by molar-refractivity contribution is -0.123. The van der Waals surface area contributed by atoms with Gasteiger partial charge >= 0.3 is 0 Å². The fourth-order valence-electron chi connectivity index (χ4n) is 2.97. The van der Waals surface area contributed by atoms with Gasteiger partial charge in [0.1, 0.15) is 11.9 Å². The summed E-state index contributed by atoms with van der Waals surface area (Å²) in [5.41, 5.74) is 6.51. The molecule has 1 aliphatic rings. The maximum absolute atomic E-state index is 13.2. The van der Waals surface area contributed by atoms with E-state index in [1.54, 1.807) is 12.1 Å². The maximum atomic E-state index is 13.2. The average Bonchev–Trinajstić information content (AvgIpc) is 2.56. The van der Waals surface area contributed by atoms with E-state index in [0.717, 1.165) is 5.56 Å². The zero-order chi connectivity index (χ0) is 16.2. The van der Waals surface area contributed by atoms with Crippen molar-refractivity contribution >= 4 is 11.7 Å². The van der Waals surface area contributed by atoms with Crippen LogP contribution in [0.2, 0.25) is 0 Å². The van der Waals surface area contributed by atoms with Crippen LogP contribution in [0.15, 0.2) is 48.5 Å². The molecule has 0 aliphatic carbocycles. The summed E-state index contributed by atoms with van der Waals surface area (Å²) >= 11 is 0. The van der Waals surface area contributed by atoms with Gasteiger partial charge in [-0.3, -0.25) is 9.69 Å². The summed E-state index contributed by atoms with van der Waals surface area (Å²) in [5, 5.41) is 0. The van der Waals surface area contributed by atoms with Gasteiger partial charge in [0.05, 0.1) is 0 Å². The number of nitrogens with two attached hydrogens (primary N) is 1. The van der Waals surface area contributed by atoms with Crippen LogP contribution in [0.3, 0.4) is 0 Å². The lowest BCUT2D eigenvalue weighted by atomic mass is 10.0. The molecule has 120 valence electrons. The van der Waals surface area contributed by atoms with Gasteiger partial charge in [0, 0.05) is 26.2 Å². The van der Waals surface area contributed by atoms with Crippen molar-refractivity contribution in [1.29, 1.82) is 0 Å². The Bertz CT molecular complexity index is 671. The lowest BCUT2D eigenvalue weighted by Crippen LogP contribution is -2.50. The smallest absolute Gasteiger partial charge is 0.239 e. The Morgan fingerprint density at radius 3 is 2.35 bits per heavy atom. The van der Waals surface area contributed by atoms with E-state index in [1.807, 2.05) is 35.2 Å². The van der Waals surface area contributed by atoms with Gasteiger partial charge in [0.2, 0.25) is 11.9 Å². The van der Waals surface area contributed by atoms with Crippen LogP contribution in [-0.2, 0) is 4.79 Å². The van der Waals surface area contributed by atoms with E-state index in [2.05, 4.69) is 9.88 Å². The predicted molar refractivity (Wildman–Crippen MR) is 86.4 cm³/mol. The average molecular weight is 314 g/mol. The number of aromatic nitrogens is 1. The Balaban J connectivity index is 1.71. The second-order valence-corrected chi connectivity index (χ2v) is 5.56. The number of halogens is 1. The standard InChI is InChI=1S/C17H19FN4O/c18-14-7-4-8-15(20-14)21-9-11-22(12-10-21)16(17(19)23)13-5-2-1-3-6-13/h1-8,16H,9-12H2,(H2,19,23). The lowest BCUT2D eigenvalue weighted by Gasteiger charge is -2.38. The van der Waals surface area contributed by atoms with Gasteiger partial charge in [-0.1, -0.05) is 36.4 Å². The number of carbonyl (C=O) groups excluding carboxylic acids is 1. The van der Waals surface area contributed by atoms with Crippen LogP contribution in [0, 0.1) is 5.95 Å². The van der Waals surface area contributed by atoms with Crippen molar-refractivity contribution in [2.75, 3.05) is 31.1 Å². The molecule has 3 rings (SSSR count). The first-order chi connectivity index (χ1) is 11.1. The number of carbonyl (C=O) groups is 1. The normalized spacial score (nSPS) is 17.0. The molecule has 5 nitrogen and oxygen atoms in total. The van der Waals surface area contributed by atoms with Gasteiger partial charge in [-0.25, -0.2) is 4.98 Å². The Hall–Kier alpha value is -2.47. The molecule has 1 atom stereocenters. The fraction of sp³-hybridized carbons (Fsp3) is 0.294. The summed E-state index contributed by atoms with van der Waals surface area (Å²) in [7, 11) is 0. The molecular weight excluding hydrogens is 295 g/mol. The molecule has 0 spiro atoms. The Morgan fingerprint density at radius 1 is 1.04 bits per heavy atom. The van der Waals surface area contributed by atoms with Crippen LogP contribution in [0.1, 0.15) is 11.6 Å². The van der Waals surface area contributed by atoms with Crippen LogP contribution >= 0.6 is 0 Å². The van der Waals surface area contributed by atoms with E-state index in [0.29, 0.717) is 32.0 Å². The van der Waals surface area contributed by atoms with Crippen LogP contribution in [-0.4, -0.2) is 42.0 Å². The highest BCUT2D eigenvalue weighted by Crippen LogP contribution is 2.23. The summed E-state index contributed by atoms with van der Waals surface area (Å²) < 4.78 is 13.2. The first-order valence-electron chi connectivity index (χ1n) is 7.61. The Morgan fingerprint density at radius 2 is 1.74 bits per heavy atom. The molecule has 2 heterocycles. The van der Waals surface area contributed by atoms with Gasteiger partial charge in [-0.2, -0.15) is 4.39 Å². The van der Waals surface area contributed by atoms with Crippen molar-refractivity contribution in [2.24, 2.45) is 5.73 Å². The molecule has 23 heavy (non-hydrogen) atoms. The minimum absolute atomic E-state index is 0.353. The molecule has 2 aromatic rings. The molecule has 1 aromatic carbocycles. The highest BCUT2D eigenvalue weighted by atomic mass is 19.1. The number of piperazine rings is 1. The molecule has 6 heteroatoms. The second kappa shape index (κ2) is 6.75. The van der Waals surface area contributed by atoms with E-state index in [1.165, 1.54) is 6.07 Å². The maximum Gasteiger partial charge on any atom is 0.239 e. The largest absolute Gasteiger partial charge is 0.368 e. The molecule has 1 amide bonds. The monoisotopic (exact) mass is 314 g/mol. The van der Waals surface area contributed by atoms with Crippen LogP contribution in [0.4, 0.5) is 10.2 Å². The van der Waals surface area contributed by atoms with Gasteiger partial charge in [-0.05, 0) is 17.7 Å². The number of hydrogen-bond acceptors (Lipinski definition) is 4. The van der Waals surface area contributed by atoms with Gasteiger partial charge in [-0.15, -0.1) is 0 Å². The second-order valence-electron chi connectivity index (χ2n) is 5.56. The molecule has 1 aliphatic heterocycles. The number of rotatable bonds is 4. The van der Waals surface area contributed by atoms with Crippen molar-refractivity contribution < 1.29 is 9.18 Å². The molecule has 0 bridgehead atoms. The van der Waals surface area contributed by atoms with Crippen molar-refractivity contribution in [1.82, 2.24) is 9.88 Å². The van der Waals surface area contributed by atoms with E-state index in [-0.39, 0.29) is 5.91 Å². The van der Waals surface area contributed by atoms with Crippen molar-refractivity contribution in [3.63, 3.8) is 0 Å². The van der Waals surface area contributed by atoms with Crippen LogP contribution < -0.4 is 10.6 Å². The third kappa shape index (κ3) is 3.48. The third-order valence-electron chi connectivity index (χ3n) is 4.09. The number of benzene rings is 1. The Kier molecular flexibility index (Phi) is 4.52. The highest BCUT2D eigenvalue weighted by Gasteiger charge is 2.29. The number of anilines is 1. The number of amides is 1. The third-order valence-corrected chi connectivity index (χ3v) is 4.09. The van der Waals surface area contributed by atoms with Crippen molar-refractivity contribution in [2.45, 2.75) is 6.04 Å². The summed E-state index contributed by atoms with van der Waals surface area (Å²) in [6, 6.07) is 13.9. The van der Waals surface area contributed by atoms with Crippen molar-refractivity contribution in [3.8, 4) is 0 Å². The predicted octanol–water partition coefficient (Wildman–Crippen LogP) is 1.57. The van der Waals surface area contributed by atoms with E-state index >= 15 is 0 Å². The highest BCUT2D eigenvalue weighted by molar-refractivity contribution is 5.81.